The molecule has 6 heterocycles. The maximum atomic E-state index is 9.89. The number of nitriles is 1. The molecule has 8 heteroatoms. The molecule has 1 aliphatic rings. The number of benzene rings is 4. The SMILES string of the molecule is N#CN=C1c2cc(-c3cc4c(s3)c3sccc3n4-c3ccccc3)ccc2-c2ccc(-c3cc4c(s3)c3sccc3n4-c3ccccc3)cc21. The zero-order chi connectivity index (χ0) is 32.9. The average molecular weight is 711 g/mol. The normalized spacial score (nSPS) is 12.3. The molecule has 4 aromatic carbocycles. The van der Waals surface area contributed by atoms with Gasteiger partial charge >= 0.3 is 0 Å². The van der Waals surface area contributed by atoms with E-state index in [0.29, 0.717) is 0 Å². The van der Waals surface area contributed by atoms with Crippen LogP contribution in [0.1, 0.15) is 11.1 Å². The minimum atomic E-state index is 0.743. The quantitative estimate of drug-likeness (QED) is 0.168. The number of thiophene rings is 4. The van der Waals surface area contributed by atoms with E-state index < -0.39 is 0 Å². The van der Waals surface area contributed by atoms with Crippen molar-refractivity contribution in [3.8, 4) is 49.6 Å². The number of aliphatic imine (C=N–C) groups is 1. The predicted octanol–water partition coefficient (Wildman–Crippen LogP) is 12.8. The van der Waals surface area contributed by atoms with E-state index in [-0.39, 0.29) is 0 Å². The molecule has 0 amide bonds. The molecule has 0 radical (unpaired) electrons. The van der Waals surface area contributed by atoms with Gasteiger partial charge in [0.1, 0.15) is 0 Å². The van der Waals surface area contributed by atoms with Gasteiger partial charge in [0.05, 0.1) is 46.6 Å². The van der Waals surface area contributed by atoms with E-state index in [2.05, 4.69) is 152 Å². The third-order valence-corrected chi connectivity index (χ3v) is 14.2. The number of aromatic nitrogens is 2. The number of rotatable bonds is 4. The molecule has 234 valence electrons. The van der Waals surface area contributed by atoms with Gasteiger partial charge in [0.15, 0.2) is 0 Å². The third-order valence-electron chi connectivity index (χ3n) is 9.69. The van der Waals surface area contributed by atoms with Crippen molar-refractivity contribution < 1.29 is 0 Å². The smallest absolute Gasteiger partial charge is 0.206 e. The lowest BCUT2D eigenvalue weighted by atomic mass is 10.0. The lowest BCUT2D eigenvalue weighted by Crippen LogP contribution is -1.98. The van der Waals surface area contributed by atoms with Crippen LogP contribution >= 0.6 is 45.3 Å². The first kappa shape index (κ1) is 28.3. The van der Waals surface area contributed by atoms with Gasteiger partial charge in [0, 0.05) is 32.3 Å². The van der Waals surface area contributed by atoms with Gasteiger partial charge in [0.25, 0.3) is 0 Å². The summed E-state index contributed by atoms with van der Waals surface area (Å²) in [6.45, 7) is 0. The van der Waals surface area contributed by atoms with Crippen LogP contribution in [0.3, 0.4) is 0 Å². The maximum Gasteiger partial charge on any atom is 0.206 e. The molecule has 0 saturated heterocycles. The van der Waals surface area contributed by atoms with Crippen molar-refractivity contribution in [3.63, 3.8) is 0 Å². The number of fused-ring (bicyclic) bond motifs is 9. The van der Waals surface area contributed by atoms with Crippen LogP contribution < -0.4 is 0 Å². The Morgan fingerprint density at radius 1 is 0.480 bits per heavy atom. The summed E-state index contributed by atoms with van der Waals surface area (Å²) >= 11 is 7.26. The summed E-state index contributed by atoms with van der Waals surface area (Å²) < 4.78 is 9.97. The fourth-order valence-corrected chi connectivity index (χ4v) is 11.9. The highest BCUT2D eigenvalue weighted by atomic mass is 32.1. The average Bonchev–Trinajstić information content (AvgIpc) is 4.01. The highest BCUT2D eigenvalue weighted by Gasteiger charge is 2.28. The Kier molecular flexibility index (Phi) is 6.07. The summed E-state index contributed by atoms with van der Waals surface area (Å²) in [5, 5.41) is 14.2. The lowest BCUT2D eigenvalue weighted by Gasteiger charge is -2.06. The second kappa shape index (κ2) is 10.7. The monoisotopic (exact) mass is 710 g/mol. The summed E-state index contributed by atoms with van der Waals surface area (Å²) in [5.74, 6) is 0. The van der Waals surface area contributed by atoms with Crippen molar-refractivity contribution in [2.24, 2.45) is 4.99 Å². The van der Waals surface area contributed by atoms with Crippen LogP contribution in [0.25, 0.3) is 84.2 Å². The molecule has 10 aromatic rings. The van der Waals surface area contributed by atoms with Gasteiger partial charge in [-0.2, -0.15) is 10.3 Å². The van der Waals surface area contributed by atoms with Crippen molar-refractivity contribution in [1.29, 1.82) is 5.26 Å². The van der Waals surface area contributed by atoms with Crippen molar-refractivity contribution in [2.75, 3.05) is 0 Å². The van der Waals surface area contributed by atoms with E-state index in [0.717, 1.165) is 39.1 Å². The number of nitrogens with zero attached hydrogens (tertiary/aromatic N) is 4. The summed E-state index contributed by atoms with van der Waals surface area (Å²) in [4.78, 5) is 6.85. The molecule has 11 rings (SSSR count). The van der Waals surface area contributed by atoms with Gasteiger partial charge in [-0.05, 0) is 93.7 Å². The highest BCUT2D eigenvalue weighted by molar-refractivity contribution is 7.29. The second-order valence-corrected chi connectivity index (χ2v) is 16.3. The molecular weight excluding hydrogens is 689 g/mol. The molecule has 0 spiro atoms. The Morgan fingerprint density at radius 2 is 0.960 bits per heavy atom. The topological polar surface area (TPSA) is 46.0 Å². The Labute approximate surface area is 302 Å². The first-order chi connectivity index (χ1) is 24.7. The number of hydrogen-bond acceptors (Lipinski definition) is 6. The van der Waals surface area contributed by atoms with Crippen LogP contribution in [0.2, 0.25) is 0 Å². The molecule has 1 aliphatic carbocycles. The third kappa shape index (κ3) is 3.97. The van der Waals surface area contributed by atoms with Crippen molar-refractivity contribution in [2.45, 2.75) is 0 Å². The zero-order valence-electron chi connectivity index (χ0n) is 26.1. The summed E-state index contributed by atoms with van der Waals surface area (Å²) in [6.07, 6.45) is 2.12. The van der Waals surface area contributed by atoms with Gasteiger partial charge < -0.3 is 9.13 Å². The largest absolute Gasteiger partial charge is 0.307 e. The van der Waals surface area contributed by atoms with Crippen LogP contribution in [0.4, 0.5) is 0 Å². The molecule has 0 N–H and O–H groups in total. The molecule has 0 saturated carbocycles. The van der Waals surface area contributed by atoms with Crippen LogP contribution in [0, 0.1) is 11.5 Å². The zero-order valence-corrected chi connectivity index (χ0v) is 29.4. The molecule has 0 bridgehead atoms. The van der Waals surface area contributed by atoms with Gasteiger partial charge in [-0.1, -0.05) is 60.7 Å². The first-order valence-electron chi connectivity index (χ1n) is 16.2. The molecule has 4 nitrogen and oxygen atoms in total. The molecule has 0 unspecified atom stereocenters. The lowest BCUT2D eigenvalue weighted by molar-refractivity contribution is 1.18. The van der Waals surface area contributed by atoms with Crippen LogP contribution in [-0.2, 0) is 0 Å². The summed E-state index contributed by atoms with van der Waals surface area (Å²) in [5.41, 5.74) is 14.5. The van der Waals surface area contributed by atoms with Crippen LogP contribution in [0.5, 0.6) is 0 Å². The minimum absolute atomic E-state index is 0.743. The van der Waals surface area contributed by atoms with E-state index in [1.54, 1.807) is 22.7 Å². The van der Waals surface area contributed by atoms with E-state index in [9.17, 15) is 5.26 Å². The van der Waals surface area contributed by atoms with Crippen LogP contribution in [0.15, 0.2) is 137 Å². The molecule has 6 aromatic heterocycles. The molecule has 0 aliphatic heterocycles. The molecule has 0 fully saturated rings. The Balaban J connectivity index is 1.02. The van der Waals surface area contributed by atoms with E-state index in [4.69, 9.17) is 0 Å². The number of hydrogen-bond donors (Lipinski definition) is 0. The van der Waals surface area contributed by atoms with E-state index >= 15 is 0 Å². The van der Waals surface area contributed by atoms with Crippen molar-refractivity contribution >= 4 is 91.9 Å². The summed E-state index contributed by atoms with van der Waals surface area (Å²) in [7, 11) is 0. The van der Waals surface area contributed by atoms with Gasteiger partial charge in [-0.15, -0.1) is 45.3 Å². The first-order valence-corrected chi connectivity index (χ1v) is 19.5. The van der Waals surface area contributed by atoms with Gasteiger partial charge in [0.2, 0.25) is 6.19 Å². The van der Waals surface area contributed by atoms with Crippen molar-refractivity contribution in [3.05, 3.63) is 143 Å². The Morgan fingerprint density at radius 3 is 1.42 bits per heavy atom. The Bertz CT molecular complexity index is 2850. The minimum Gasteiger partial charge on any atom is -0.307 e. The maximum absolute atomic E-state index is 9.89. The molecule has 0 atom stereocenters. The molecular formula is C42H22N4S4. The number of para-hydroxylation sites is 2. The summed E-state index contributed by atoms with van der Waals surface area (Å²) in [6, 6.07) is 43.5. The van der Waals surface area contributed by atoms with E-state index in [1.807, 2.05) is 22.7 Å². The molecule has 50 heavy (non-hydrogen) atoms. The Hall–Kier alpha value is -5.56. The van der Waals surface area contributed by atoms with Crippen molar-refractivity contribution in [1.82, 2.24) is 9.13 Å². The van der Waals surface area contributed by atoms with E-state index in [1.165, 1.54) is 62.0 Å². The fourth-order valence-electron chi connectivity index (χ4n) is 7.54. The predicted molar refractivity (Wildman–Crippen MR) is 214 cm³/mol. The van der Waals surface area contributed by atoms with Gasteiger partial charge in [-0.3, -0.25) is 0 Å². The van der Waals surface area contributed by atoms with Crippen LogP contribution in [-0.4, -0.2) is 14.8 Å². The highest BCUT2D eigenvalue weighted by Crippen LogP contribution is 2.48. The standard InChI is InChI=1S/C42H22N4S4/c43-23-44-38-30-19-24(36-21-34-41(49-36)39-32(15-17-47-39)45(34)26-7-3-1-4-8-26)11-13-28(30)29-14-12-25(20-31(29)38)37-22-35-42(50-37)40-33(16-18-48-40)46(35)27-9-5-2-6-10-27/h1-22H. The van der Waals surface area contributed by atoms with Gasteiger partial charge in [-0.25, -0.2) is 0 Å². The second-order valence-electron chi connectivity index (χ2n) is 12.3. The fraction of sp³-hybridized carbons (Fsp3) is 0.